The second-order valence-corrected chi connectivity index (χ2v) is 2.33. The van der Waals surface area contributed by atoms with Crippen LogP contribution in [0, 0.1) is 0 Å². The van der Waals surface area contributed by atoms with Gasteiger partial charge in [-0.1, -0.05) is 34.1 Å². The van der Waals surface area contributed by atoms with Gasteiger partial charge < -0.3 is 10.0 Å². The Hall–Kier alpha value is -0.315. The van der Waals surface area contributed by atoms with Crippen molar-refractivity contribution in [1.82, 2.24) is 0 Å². The molecule has 0 atom stereocenters. The van der Waals surface area contributed by atoms with E-state index in [4.69, 9.17) is 10.0 Å². The summed E-state index contributed by atoms with van der Waals surface area (Å²) < 4.78 is 1.13. The first-order valence-corrected chi connectivity index (χ1v) is 3.41. The molecule has 1 radical (unpaired) electrons. The Bertz CT molecular complexity index is 157. The van der Waals surface area contributed by atoms with Crippen LogP contribution in [0.25, 0.3) is 0 Å². The van der Waals surface area contributed by atoms with Crippen LogP contribution < -0.4 is 0 Å². The third-order valence-corrected chi connectivity index (χ3v) is 1.26. The molecule has 0 unspecified atom stereocenters. The first-order valence-electron chi connectivity index (χ1n) is 2.62. The Labute approximate surface area is 69.0 Å². The molecule has 0 amide bonds. The zero-order chi connectivity index (χ0) is 7.82. The highest BCUT2D eigenvalue weighted by Gasteiger charge is 1.74. The van der Waals surface area contributed by atoms with Crippen LogP contribution >= 0.6 is 15.9 Å². The van der Waals surface area contributed by atoms with Crippen LogP contribution in [0.5, 0.6) is 0 Å². The van der Waals surface area contributed by atoms with E-state index >= 15 is 0 Å². The second kappa shape index (κ2) is 6.80. The molecule has 0 aliphatic rings. The van der Waals surface area contributed by atoms with Crippen molar-refractivity contribution < 1.29 is 10.0 Å². The van der Waals surface area contributed by atoms with Crippen LogP contribution in [-0.2, 0) is 0 Å². The smallest absolute Gasteiger partial charge is 0.429 e. The van der Waals surface area contributed by atoms with Gasteiger partial charge in [0.1, 0.15) is 0 Å². The van der Waals surface area contributed by atoms with Gasteiger partial charge in [-0.05, 0) is 12.1 Å². The van der Waals surface area contributed by atoms with Gasteiger partial charge in [0.15, 0.2) is 0 Å². The Kier molecular flexibility index (Phi) is 6.59. The quantitative estimate of drug-likeness (QED) is 0.614. The van der Waals surface area contributed by atoms with Gasteiger partial charge in [0.2, 0.25) is 0 Å². The maximum absolute atomic E-state index is 7.00. The monoisotopic (exact) mass is 201 g/mol. The molecule has 0 heterocycles. The molecular weight excluding hydrogens is 195 g/mol. The maximum atomic E-state index is 7.00. The summed E-state index contributed by atoms with van der Waals surface area (Å²) in [7, 11) is 0. The molecule has 4 heteroatoms. The fourth-order valence-corrected chi connectivity index (χ4v) is 0.720. The van der Waals surface area contributed by atoms with Gasteiger partial charge >= 0.3 is 7.69 Å². The average Bonchev–Trinajstić information content (AvgIpc) is 1.91. The van der Waals surface area contributed by atoms with E-state index in [0.29, 0.717) is 0 Å². The normalized spacial score (nSPS) is 7.50. The fourth-order valence-electron chi connectivity index (χ4n) is 0.415. The van der Waals surface area contributed by atoms with Gasteiger partial charge in [0.05, 0.1) is 0 Å². The highest BCUT2D eigenvalue weighted by molar-refractivity contribution is 9.10. The van der Waals surface area contributed by atoms with E-state index in [-0.39, 0.29) is 7.69 Å². The standard InChI is InChI=1S/C6H5Br.BH2O2/c7-6-4-2-1-3-5-6;2-1-3/h1-5H;2-3H. The molecule has 0 spiro atoms. The SMILES string of the molecule is Brc1ccccc1.O[B]O. The number of rotatable bonds is 0. The highest BCUT2D eigenvalue weighted by atomic mass is 79.9. The lowest BCUT2D eigenvalue weighted by Crippen LogP contribution is -1.75. The summed E-state index contributed by atoms with van der Waals surface area (Å²) in [5.74, 6) is 0. The van der Waals surface area contributed by atoms with Gasteiger partial charge in [0.25, 0.3) is 0 Å². The lowest BCUT2D eigenvalue weighted by molar-refractivity contribution is 0.448. The number of hydrogen-bond donors (Lipinski definition) is 2. The summed E-state index contributed by atoms with van der Waals surface area (Å²) in [5.41, 5.74) is 0. The maximum Gasteiger partial charge on any atom is 0.482 e. The molecule has 53 valence electrons. The molecule has 2 N–H and O–H groups in total. The molecule has 1 rings (SSSR count). The van der Waals surface area contributed by atoms with Crippen LogP contribution in [0.4, 0.5) is 0 Å². The van der Waals surface area contributed by atoms with Gasteiger partial charge in [-0.3, -0.25) is 0 Å². The number of benzene rings is 1. The molecule has 0 fully saturated rings. The van der Waals surface area contributed by atoms with Crippen molar-refractivity contribution in [2.45, 2.75) is 0 Å². The van der Waals surface area contributed by atoms with Crippen LogP contribution in [0.2, 0.25) is 0 Å². The molecule has 0 saturated heterocycles. The molecule has 0 aromatic heterocycles. The second-order valence-electron chi connectivity index (χ2n) is 1.41. The molecule has 0 bridgehead atoms. The van der Waals surface area contributed by atoms with Crippen molar-refractivity contribution in [2.75, 3.05) is 0 Å². The lowest BCUT2D eigenvalue weighted by atomic mass is 10.4. The fraction of sp³-hybridized carbons (Fsp3) is 0. The summed E-state index contributed by atoms with van der Waals surface area (Å²) in [5, 5.41) is 14.0. The molecule has 0 aliphatic carbocycles. The lowest BCUT2D eigenvalue weighted by Gasteiger charge is -1.80. The summed E-state index contributed by atoms with van der Waals surface area (Å²) in [6, 6.07) is 9.97. The number of hydrogen-bond acceptors (Lipinski definition) is 2. The largest absolute Gasteiger partial charge is 0.482 e. The summed E-state index contributed by atoms with van der Waals surface area (Å²) in [6.07, 6.45) is 0. The van der Waals surface area contributed by atoms with Gasteiger partial charge in [-0.15, -0.1) is 0 Å². The number of halogens is 1. The molecule has 2 nitrogen and oxygen atoms in total. The van der Waals surface area contributed by atoms with Crippen molar-refractivity contribution >= 4 is 23.6 Å². The minimum atomic E-state index is 0. The summed E-state index contributed by atoms with van der Waals surface area (Å²) >= 11 is 3.31. The van der Waals surface area contributed by atoms with Crippen LogP contribution in [-0.4, -0.2) is 17.7 Å². The van der Waals surface area contributed by atoms with Crippen LogP contribution in [0.3, 0.4) is 0 Å². The Morgan fingerprint density at radius 2 is 1.50 bits per heavy atom. The van der Waals surface area contributed by atoms with Crippen molar-refractivity contribution in [1.29, 1.82) is 0 Å². The minimum absolute atomic E-state index is 0. The minimum Gasteiger partial charge on any atom is -0.429 e. The molecular formula is C6H7BBrO2. The first-order chi connectivity index (χ1) is 4.81. The molecule has 0 aliphatic heterocycles. The molecule has 1 aromatic rings. The summed E-state index contributed by atoms with van der Waals surface area (Å²) in [4.78, 5) is 0. The van der Waals surface area contributed by atoms with E-state index in [1.165, 1.54) is 0 Å². The molecule has 1 aromatic carbocycles. The van der Waals surface area contributed by atoms with E-state index in [9.17, 15) is 0 Å². The predicted octanol–water partition coefficient (Wildman–Crippen LogP) is 0.954. The van der Waals surface area contributed by atoms with E-state index in [1.54, 1.807) is 0 Å². The molecule has 10 heavy (non-hydrogen) atoms. The zero-order valence-corrected chi connectivity index (χ0v) is 6.82. The average molecular weight is 202 g/mol. The Balaban J connectivity index is 0.000000236. The molecule has 0 saturated carbocycles. The van der Waals surface area contributed by atoms with E-state index < -0.39 is 0 Å². The topological polar surface area (TPSA) is 40.5 Å². The Morgan fingerprint density at radius 3 is 1.70 bits per heavy atom. The van der Waals surface area contributed by atoms with Crippen LogP contribution in [0.1, 0.15) is 0 Å². The van der Waals surface area contributed by atoms with Crippen molar-refractivity contribution in [3.8, 4) is 0 Å². The van der Waals surface area contributed by atoms with E-state index in [0.717, 1.165) is 4.47 Å². The Morgan fingerprint density at radius 1 is 1.10 bits per heavy atom. The van der Waals surface area contributed by atoms with Gasteiger partial charge in [0, 0.05) is 4.47 Å². The zero-order valence-electron chi connectivity index (χ0n) is 5.24. The van der Waals surface area contributed by atoms with Crippen molar-refractivity contribution in [3.63, 3.8) is 0 Å². The van der Waals surface area contributed by atoms with Crippen LogP contribution in [0.15, 0.2) is 34.8 Å². The third kappa shape index (κ3) is 5.82. The first kappa shape index (κ1) is 9.68. The van der Waals surface area contributed by atoms with E-state index in [2.05, 4.69) is 15.9 Å². The van der Waals surface area contributed by atoms with Gasteiger partial charge in [-0.25, -0.2) is 0 Å². The van der Waals surface area contributed by atoms with Crippen molar-refractivity contribution in [3.05, 3.63) is 34.8 Å². The van der Waals surface area contributed by atoms with E-state index in [1.807, 2.05) is 30.3 Å². The van der Waals surface area contributed by atoms with Crippen molar-refractivity contribution in [2.24, 2.45) is 0 Å². The third-order valence-electron chi connectivity index (χ3n) is 0.733. The summed E-state index contributed by atoms with van der Waals surface area (Å²) in [6.45, 7) is 0. The predicted molar refractivity (Wildman–Crippen MR) is 44.3 cm³/mol. The van der Waals surface area contributed by atoms with Gasteiger partial charge in [-0.2, -0.15) is 0 Å². The highest BCUT2D eigenvalue weighted by Crippen LogP contribution is 2.05.